The topological polar surface area (TPSA) is 163 Å². The summed E-state index contributed by atoms with van der Waals surface area (Å²) in [5.41, 5.74) is 0. The van der Waals surface area contributed by atoms with Gasteiger partial charge in [0.25, 0.3) is 5.79 Å². The summed E-state index contributed by atoms with van der Waals surface area (Å²) in [5, 5.41) is 28.2. The van der Waals surface area contributed by atoms with E-state index in [-0.39, 0.29) is 6.42 Å². The standard InChI is InChI=1S/C8H13O10P/c9-3-1-8(7(11)12)17-5(3)6(18-8)4(10)2-16-19(13,14)15/h3-6,9-10H,1-2H2,(H,11,12)(H2,13,14,15)/t3-,4-,5-,6-,8-/m1/s1. The number of aliphatic hydroxyl groups is 2. The third kappa shape index (κ3) is 2.81. The molecule has 110 valence electrons. The fraction of sp³-hybridized carbons (Fsp3) is 0.875. The highest BCUT2D eigenvalue weighted by Gasteiger charge is 2.64. The second-order valence-electron chi connectivity index (χ2n) is 4.35. The zero-order valence-corrected chi connectivity index (χ0v) is 10.3. The predicted molar refractivity (Wildman–Crippen MR) is 54.7 cm³/mol. The van der Waals surface area contributed by atoms with E-state index in [4.69, 9.17) is 24.4 Å². The average Bonchev–Trinajstić information content (AvgIpc) is 2.80. The average molecular weight is 300 g/mol. The maximum atomic E-state index is 11.0. The summed E-state index contributed by atoms with van der Waals surface area (Å²) in [7, 11) is -4.76. The molecule has 0 saturated carbocycles. The molecule has 2 heterocycles. The molecule has 0 radical (unpaired) electrons. The fourth-order valence-corrected chi connectivity index (χ4v) is 2.49. The second-order valence-corrected chi connectivity index (χ2v) is 5.59. The van der Waals surface area contributed by atoms with Gasteiger partial charge < -0.3 is 34.6 Å². The van der Waals surface area contributed by atoms with Crippen LogP contribution in [0.2, 0.25) is 0 Å². The Hall–Kier alpha value is -0.580. The number of aliphatic hydroxyl groups excluding tert-OH is 2. The summed E-state index contributed by atoms with van der Waals surface area (Å²) in [6.45, 7) is -0.781. The van der Waals surface area contributed by atoms with Crippen LogP contribution in [0.5, 0.6) is 0 Å². The van der Waals surface area contributed by atoms with E-state index in [0.717, 1.165) is 0 Å². The molecule has 11 heteroatoms. The minimum atomic E-state index is -4.76. The van der Waals surface area contributed by atoms with Gasteiger partial charge in [-0.25, -0.2) is 9.36 Å². The molecule has 0 aromatic rings. The quantitative estimate of drug-likeness (QED) is 0.351. The maximum Gasteiger partial charge on any atom is 0.469 e. The monoisotopic (exact) mass is 300 g/mol. The van der Waals surface area contributed by atoms with Crippen LogP contribution in [0.1, 0.15) is 6.42 Å². The van der Waals surface area contributed by atoms with Crippen molar-refractivity contribution in [2.75, 3.05) is 6.61 Å². The molecule has 2 rings (SSSR count). The second kappa shape index (κ2) is 4.76. The number of carbonyl (C=O) groups is 1. The Morgan fingerprint density at radius 2 is 2.11 bits per heavy atom. The number of aliphatic carboxylic acids is 1. The highest BCUT2D eigenvalue weighted by Crippen LogP contribution is 2.44. The van der Waals surface area contributed by atoms with Gasteiger partial charge in [0.2, 0.25) is 0 Å². The molecule has 0 aromatic carbocycles. The van der Waals surface area contributed by atoms with Crippen LogP contribution in [-0.2, 0) is 23.4 Å². The Kier molecular flexibility index (Phi) is 3.71. The van der Waals surface area contributed by atoms with Gasteiger partial charge in [0.1, 0.15) is 18.3 Å². The van der Waals surface area contributed by atoms with Crippen LogP contribution in [0.3, 0.4) is 0 Å². The molecule has 2 aliphatic heterocycles. The highest BCUT2D eigenvalue weighted by atomic mass is 31.2. The molecule has 10 nitrogen and oxygen atoms in total. The van der Waals surface area contributed by atoms with Crippen LogP contribution in [0.15, 0.2) is 0 Å². The van der Waals surface area contributed by atoms with Gasteiger partial charge in [-0.05, 0) is 0 Å². The zero-order chi connectivity index (χ0) is 14.4. The lowest BCUT2D eigenvalue weighted by molar-refractivity contribution is -0.208. The lowest BCUT2D eigenvalue weighted by Gasteiger charge is -2.29. The molecule has 0 unspecified atom stereocenters. The molecular formula is C8H13O10P. The van der Waals surface area contributed by atoms with Gasteiger partial charge in [0.15, 0.2) is 0 Å². The Bertz CT molecular complexity index is 420. The minimum absolute atomic E-state index is 0.282. The molecule has 5 N–H and O–H groups in total. The third-order valence-electron chi connectivity index (χ3n) is 2.95. The van der Waals surface area contributed by atoms with E-state index < -0.39 is 50.6 Å². The zero-order valence-electron chi connectivity index (χ0n) is 9.45. The van der Waals surface area contributed by atoms with Crippen molar-refractivity contribution in [3.05, 3.63) is 0 Å². The van der Waals surface area contributed by atoms with Gasteiger partial charge in [-0.2, -0.15) is 0 Å². The van der Waals surface area contributed by atoms with Crippen molar-refractivity contribution in [2.24, 2.45) is 0 Å². The summed E-state index contributed by atoms with van der Waals surface area (Å²) in [5.74, 6) is -3.47. The van der Waals surface area contributed by atoms with Crippen molar-refractivity contribution in [1.82, 2.24) is 0 Å². The largest absolute Gasteiger partial charge is 0.477 e. The number of hydrogen-bond acceptors (Lipinski definition) is 7. The van der Waals surface area contributed by atoms with Crippen LogP contribution in [0.25, 0.3) is 0 Å². The molecular weight excluding hydrogens is 287 g/mol. The van der Waals surface area contributed by atoms with E-state index in [1.807, 2.05) is 0 Å². The van der Waals surface area contributed by atoms with Crippen molar-refractivity contribution >= 4 is 13.8 Å². The number of hydrogen-bond donors (Lipinski definition) is 5. The van der Waals surface area contributed by atoms with E-state index >= 15 is 0 Å². The molecule has 0 aromatic heterocycles. The van der Waals surface area contributed by atoms with Gasteiger partial charge >= 0.3 is 13.8 Å². The summed E-state index contributed by atoms with van der Waals surface area (Å²) < 4.78 is 24.6. The normalized spacial score (nSPS) is 39.5. The molecule has 2 bridgehead atoms. The number of phosphoric acid groups is 1. The summed E-state index contributed by atoms with van der Waals surface area (Å²) in [6.07, 6.45) is -5.32. The molecule has 5 atom stereocenters. The van der Waals surface area contributed by atoms with Crippen LogP contribution >= 0.6 is 7.82 Å². The van der Waals surface area contributed by atoms with Crippen molar-refractivity contribution in [3.63, 3.8) is 0 Å². The van der Waals surface area contributed by atoms with E-state index in [0.29, 0.717) is 0 Å². The lowest BCUT2D eigenvalue weighted by atomic mass is 9.98. The molecule has 2 aliphatic rings. The van der Waals surface area contributed by atoms with Gasteiger partial charge in [-0.3, -0.25) is 4.52 Å². The number of rotatable bonds is 5. The summed E-state index contributed by atoms with van der Waals surface area (Å²) >= 11 is 0. The number of carboxylic acid groups (broad SMARTS) is 1. The molecule has 19 heavy (non-hydrogen) atoms. The maximum absolute atomic E-state index is 11.0. The Morgan fingerprint density at radius 3 is 2.58 bits per heavy atom. The van der Waals surface area contributed by atoms with E-state index in [9.17, 15) is 19.6 Å². The first-order valence-corrected chi connectivity index (χ1v) is 6.83. The highest BCUT2D eigenvalue weighted by molar-refractivity contribution is 7.46. The van der Waals surface area contributed by atoms with Crippen LogP contribution in [-0.4, -0.2) is 67.9 Å². The fourth-order valence-electron chi connectivity index (χ4n) is 2.14. The van der Waals surface area contributed by atoms with E-state index in [1.54, 1.807) is 0 Å². The van der Waals surface area contributed by atoms with Gasteiger partial charge in [-0.15, -0.1) is 0 Å². The van der Waals surface area contributed by atoms with Gasteiger partial charge in [0, 0.05) is 6.42 Å². The minimum Gasteiger partial charge on any atom is -0.477 e. The third-order valence-corrected chi connectivity index (χ3v) is 3.44. The molecule has 2 saturated heterocycles. The van der Waals surface area contributed by atoms with Crippen molar-refractivity contribution < 1.29 is 48.5 Å². The van der Waals surface area contributed by atoms with Gasteiger partial charge in [-0.1, -0.05) is 0 Å². The molecule has 0 amide bonds. The number of carboxylic acids is 1. The van der Waals surface area contributed by atoms with Crippen LogP contribution in [0.4, 0.5) is 0 Å². The SMILES string of the molecule is O=C(O)[C@]12C[C@@H](O)[C@@H](O1)[C@@H]([C@H](O)COP(=O)(O)O)O2. The van der Waals surface area contributed by atoms with Gasteiger partial charge in [0.05, 0.1) is 12.7 Å². The lowest BCUT2D eigenvalue weighted by Crippen LogP contribution is -2.49. The number of ether oxygens (including phenoxy) is 2. The number of fused-ring (bicyclic) bond motifs is 2. The Labute approximate surface area is 106 Å². The van der Waals surface area contributed by atoms with Crippen molar-refractivity contribution in [3.8, 4) is 0 Å². The van der Waals surface area contributed by atoms with Crippen molar-refractivity contribution in [1.29, 1.82) is 0 Å². The smallest absolute Gasteiger partial charge is 0.469 e. The van der Waals surface area contributed by atoms with Crippen molar-refractivity contribution in [2.45, 2.75) is 36.6 Å². The van der Waals surface area contributed by atoms with E-state index in [2.05, 4.69) is 4.52 Å². The summed E-state index contributed by atoms with van der Waals surface area (Å²) in [6, 6.07) is 0. The molecule has 0 aliphatic carbocycles. The number of phosphoric ester groups is 1. The first-order valence-electron chi connectivity index (χ1n) is 5.30. The Balaban J connectivity index is 2.03. The first-order chi connectivity index (χ1) is 8.65. The first kappa shape index (κ1) is 14.8. The molecule has 0 spiro atoms. The van der Waals surface area contributed by atoms with Crippen LogP contribution < -0.4 is 0 Å². The Morgan fingerprint density at radius 1 is 1.47 bits per heavy atom. The molecule has 2 fully saturated rings. The summed E-state index contributed by atoms with van der Waals surface area (Å²) in [4.78, 5) is 28.0. The van der Waals surface area contributed by atoms with Crippen LogP contribution in [0, 0.1) is 0 Å². The van der Waals surface area contributed by atoms with E-state index in [1.165, 1.54) is 0 Å². The predicted octanol–water partition coefficient (Wildman–Crippen LogP) is -2.21.